The van der Waals surface area contributed by atoms with E-state index in [2.05, 4.69) is 50.2 Å². The monoisotopic (exact) mass is 377 g/mol. The van der Waals surface area contributed by atoms with Crippen molar-refractivity contribution >= 4 is 43.2 Å². The van der Waals surface area contributed by atoms with Crippen LogP contribution in [0.3, 0.4) is 0 Å². The Bertz CT molecular complexity index is 506. The van der Waals surface area contributed by atoms with Gasteiger partial charge >= 0.3 is 0 Å². The smallest absolute Gasteiger partial charge is 0.125 e. The van der Waals surface area contributed by atoms with Crippen molar-refractivity contribution in [3.8, 4) is 0 Å². The lowest BCUT2D eigenvalue weighted by atomic mass is 10.1. The lowest BCUT2D eigenvalue weighted by Gasteiger charge is -2.12. The average molecular weight is 379 g/mol. The maximum Gasteiger partial charge on any atom is 0.125 e. The molecule has 1 unspecified atom stereocenters. The van der Waals surface area contributed by atoms with Gasteiger partial charge in [-0.25, -0.2) is 0 Å². The first kappa shape index (κ1) is 13.3. The van der Waals surface area contributed by atoms with E-state index in [1.165, 1.54) is 5.56 Å². The van der Waals surface area contributed by atoms with Crippen LogP contribution in [0, 0.1) is 0 Å². The van der Waals surface area contributed by atoms with Crippen LogP contribution in [0.15, 0.2) is 30.2 Å². The zero-order valence-electron chi connectivity index (χ0n) is 9.59. The van der Waals surface area contributed by atoms with Crippen molar-refractivity contribution in [2.75, 3.05) is 7.05 Å². The molecule has 0 aromatic carbocycles. The van der Waals surface area contributed by atoms with E-state index in [0.29, 0.717) is 0 Å². The minimum Gasteiger partial charge on any atom is -0.464 e. The summed E-state index contributed by atoms with van der Waals surface area (Å²) in [7, 11) is 1.94. The van der Waals surface area contributed by atoms with Gasteiger partial charge < -0.3 is 9.73 Å². The molecule has 0 saturated heterocycles. The largest absolute Gasteiger partial charge is 0.464 e. The third-order valence-electron chi connectivity index (χ3n) is 2.60. The fourth-order valence-electron chi connectivity index (χ4n) is 1.74. The van der Waals surface area contributed by atoms with E-state index in [4.69, 9.17) is 4.42 Å². The number of thiophene rings is 1. The maximum absolute atomic E-state index is 5.81. The summed E-state index contributed by atoms with van der Waals surface area (Å²) in [6.07, 6.45) is 0.922. The van der Waals surface area contributed by atoms with Gasteiger partial charge in [0.1, 0.15) is 11.5 Å². The summed E-state index contributed by atoms with van der Waals surface area (Å²) >= 11 is 8.76. The van der Waals surface area contributed by atoms with Gasteiger partial charge in [0.25, 0.3) is 0 Å². The van der Waals surface area contributed by atoms with Crippen LogP contribution in [-0.2, 0) is 6.42 Å². The van der Waals surface area contributed by atoms with Gasteiger partial charge in [-0.3, -0.25) is 0 Å². The van der Waals surface area contributed by atoms with E-state index in [-0.39, 0.29) is 6.04 Å². The molecule has 0 aliphatic rings. The van der Waals surface area contributed by atoms with Crippen LogP contribution in [0.1, 0.15) is 30.0 Å². The molecular formula is C12H13Br2NOS. The van der Waals surface area contributed by atoms with Crippen LogP contribution in [0.5, 0.6) is 0 Å². The van der Waals surface area contributed by atoms with Gasteiger partial charge in [-0.2, -0.15) is 0 Å². The highest BCUT2D eigenvalue weighted by Crippen LogP contribution is 2.38. The van der Waals surface area contributed by atoms with E-state index >= 15 is 0 Å². The minimum atomic E-state index is 0.0900. The highest BCUT2D eigenvalue weighted by atomic mass is 79.9. The Balaban J connectivity index is 2.36. The van der Waals surface area contributed by atoms with Crippen molar-refractivity contribution in [3.63, 3.8) is 0 Å². The van der Waals surface area contributed by atoms with Crippen LogP contribution in [0.2, 0.25) is 0 Å². The van der Waals surface area contributed by atoms with Crippen LogP contribution < -0.4 is 5.32 Å². The molecule has 0 fully saturated rings. The van der Waals surface area contributed by atoms with Gasteiger partial charge in [0.2, 0.25) is 0 Å². The number of furan rings is 1. The van der Waals surface area contributed by atoms with Crippen molar-refractivity contribution in [2.45, 2.75) is 19.4 Å². The van der Waals surface area contributed by atoms with Crippen LogP contribution >= 0.6 is 43.2 Å². The number of halogens is 2. The quantitative estimate of drug-likeness (QED) is 0.831. The number of aryl methyl sites for hydroxylation is 1. The average Bonchev–Trinajstić information content (AvgIpc) is 2.88. The zero-order valence-corrected chi connectivity index (χ0v) is 13.6. The Morgan fingerprint density at radius 3 is 2.65 bits per heavy atom. The van der Waals surface area contributed by atoms with Gasteiger partial charge in [0, 0.05) is 12.0 Å². The molecule has 0 aliphatic heterocycles. The SMILES string of the molecule is CCc1ccc(C(NC)c2cc(Br)sc2Br)o1. The van der Waals surface area contributed by atoms with Crippen molar-refractivity contribution in [2.24, 2.45) is 0 Å². The Labute approximate surface area is 122 Å². The summed E-state index contributed by atoms with van der Waals surface area (Å²) in [4.78, 5) is 0. The molecular weight excluding hydrogens is 366 g/mol. The molecule has 0 radical (unpaired) electrons. The van der Waals surface area contributed by atoms with E-state index in [9.17, 15) is 0 Å². The van der Waals surface area contributed by atoms with Crippen LogP contribution in [0.25, 0.3) is 0 Å². The summed E-state index contributed by atoms with van der Waals surface area (Å²) in [5, 5.41) is 3.29. The van der Waals surface area contributed by atoms with Crippen LogP contribution in [-0.4, -0.2) is 7.05 Å². The molecule has 2 aromatic heterocycles. The van der Waals surface area contributed by atoms with Crippen molar-refractivity contribution < 1.29 is 4.42 Å². The molecule has 17 heavy (non-hydrogen) atoms. The molecule has 0 spiro atoms. The molecule has 0 saturated carbocycles. The van der Waals surface area contributed by atoms with Gasteiger partial charge in [-0.1, -0.05) is 6.92 Å². The first-order valence-corrected chi connectivity index (χ1v) is 7.76. The van der Waals surface area contributed by atoms with Crippen molar-refractivity contribution in [1.29, 1.82) is 0 Å². The predicted octanol–water partition coefficient (Wildman–Crippen LogP) is 4.74. The molecule has 1 N–H and O–H groups in total. The summed E-state index contributed by atoms with van der Waals surface area (Å²) in [5.41, 5.74) is 1.20. The van der Waals surface area contributed by atoms with Crippen molar-refractivity contribution in [1.82, 2.24) is 5.32 Å². The first-order chi connectivity index (χ1) is 8.15. The molecule has 92 valence electrons. The Morgan fingerprint density at radius 2 is 2.18 bits per heavy atom. The Kier molecular flexibility index (Phi) is 4.47. The molecule has 2 heterocycles. The fourth-order valence-corrected chi connectivity index (χ4v) is 4.64. The third-order valence-corrected chi connectivity index (χ3v) is 4.98. The predicted molar refractivity (Wildman–Crippen MR) is 78.7 cm³/mol. The summed E-state index contributed by atoms with van der Waals surface area (Å²) < 4.78 is 8.05. The first-order valence-electron chi connectivity index (χ1n) is 5.36. The lowest BCUT2D eigenvalue weighted by molar-refractivity contribution is 0.434. The van der Waals surface area contributed by atoms with Crippen LogP contribution in [0.4, 0.5) is 0 Å². The number of nitrogens with one attached hydrogen (secondary N) is 1. The second-order valence-corrected chi connectivity index (χ2v) is 7.41. The molecule has 1 atom stereocenters. The normalized spacial score (nSPS) is 12.9. The van der Waals surface area contributed by atoms with E-state index in [1.807, 2.05) is 19.2 Å². The van der Waals surface area contributed by atoms with Gasteiger partial charge in [0.05, 0.1) is 13.6 Å². The highest BCUT2D eigenvalue weighted by molar-refractivity contribution is 9.12. The van der Waals surface area contributed by atoms with Gasteiger partial charge in [0.15, 0.2) is 0 Å². The summed E-state index contributed by atoms with van der Waals surface area (Å²) in [6.45, 7) is 2.09. The number of hydrogen-bond acceptors (Lipinski definition) is 3. The number of rotatable bonds is 4. The molecule has 0 aliphatic carbocycles. The Morgan fingerprint density at radius 1 is 1.41 bits per heavy atom. The standard InChI is InChI=1S/C12H13Br2NOS/c1-3-7-4-5-9(16-7)11(15-2)8-6-10(13)17-12(8)14/h4-6,11,15H,3H2,1-2H3. The fraction of sp³-hybridized carbons (Fsp3) is 0.333. The summed E-state index contributed by atoms with van der Waals surface area (Å²) in [5.74, 6) is 1.97. The lowest BCUT2D eigenvalue weighted by Crippen LogP contribution is -2.16. The highest BCUT2D eigenvalue weighted by Gasteiger charge is 2.20. The molecule has 2 aromatic rings. The maximum atomic E-state index is 5.81. The molecule has 2 rings (SSSR count). The Hall–Kier alpha value is -0.100. The summed E-state index contributed by atoms with van der Waals surface area (Å²) in [6, 6.07) is 6.28. The molecule has 5 heteroatoms. The second kappa shape index (κ2) is 5.69. The molecule has 0 amide bonds. The van der Waals surface area contributed by atoms with E-state index in [0.717, 1.165) is 25.5 Å². The minimum absolute atomic E-state index is 0.0900. The van der Waals surface area contributed by atoms with E-state index in [1.54, 1.807) is 11.3 Å². The zero-order chi connectivity index (χ0) is 12.4. The third kappa shape index (κ3) is 2.84. The van der Waals surface area contributed by atoms with Gasteiger partial charge in [-0.05, 0) is 57.1 Å². The second-order valence-electron chi connectivity index (χ2n) is 3.66. The number of hydrogen-bond donors (Lipinski definition) is 1. The molecule has 2 nitrogen and oxygen atoms in total. The van der Waals surface area contributed by atoms with Gasteiger partial charge in [-0.15, -0.1) is 11.3 Å². The van der Waals surface area contributed by atoms with Crippen molar-refractivity contribution in [3.05, 3.63) is 42.9 Å². The molecule has 0 bridgehead atoms. The topological polar surface area (TPSA) is 25.2 Å². The van der Waals surface area contributed by atoms with E-state index < -0.39 is 0 Å².